The van der Waals surface area contributed by atoms with Crippen LogP contribution in [0.1, 0.15) is 23.1 Å². The highest BCUT2D eigenvalue weighted by molar-refractivity contribution is 9.10. The van der Waals surface area contributed by atoms with Crippen molar-refractivity contribution in [3.63, 3.8) is 0 Å². The van der Waals surface area contributed by atoms with E-state index in [0.29, 0.717) is 16.5 Å². The van der Waals surface area contributed by atoms with E-state index in [1.165, 1.54) is 0 Å². The van der Waals surface area contributed by atoms with E-state index in [1.807, 2.05) is 6.07 Å². The molecule has 15 heavy (non-hydrogen) atoms. The Bertz CT molecular complexity index is 402. The highest BCUT2D eigenvalue weighted by atomic mass is 79.9. The predicted molar refractivity (Wildman–Crippen MR) is 59.5 cm³/mol. The molecular weight excluding hydrogens is 263 g/mol. The molecule has 0 heterocycles. The molecule has 1 aromatic rings. The molecule has 4 heteroatoms. The van der Waals surface area contributed by atoms with E-state index >= 15 is 0 Å². The number of rotatable bonds is 3. The summed E-state index contributed by atoms with van der Waals surface area (Å²) in [6.07, 6.45) is 0.396. The van der Waals surface area contributed by atoms with Crippen LogP contribution in [0.15, 0.2) is 10.5 Å². The molecular formula is C11H12BrFO2. The zero-order valence-electron chi connectivity index (χ0n) is 8.60. The third-order valence-corrected chi connectivity index (χ3v) is 3.32. The Morgan fingerprint density at radius 3 is 2.67 bits per heavy atom. The van der Waals surface area contributed by atoms with Gasteiger partial charge in [-0.3, -0.25) is 4.79 Å². The molecule has 0 saturated carbocycles. The molecule has 82 valence electrons. The van der Waals surface area contributed by atoms with Gasteiger partial charge in [0.2, 0.25) is 0 Å². The van der Waals surface area contributed by atoms with Gasteiger partial charge in [-0.15, -0.1) is 0 Å². The largest absolute Gasteiger partial charge is 0.481 e. The van der Waals surface area contributed by atoms with Crippen molar-refractivity contribution >= 4 is 21.9 Å². The minimum absolute atomic E-state index is 0.0291. The predicted octanol–water partition coefficient (Wildman–Crippen LogP) is 3.22. The summed E-state index contributed by atoms with van der Waals surface area (Å²) >= 11 is 3.15. The second-order valence-corrected chi connectivity index (χ2v) is 4.29. The maximum absolute atomic E-state index is 13.6. The third-order valence-electron chi connectivity index (χ3n) is 2.35. The second-order valence-electron chi connectivity index (χ2n) is 3.50. The molecule has 0 aromatic heterocycles. The number of aryl methyl sites for hydroxylation is 2. The monoisotopic (exact) mass is 274 g/mol. The van der Waals surface area contributed by atoms with Gasteiger partial charge in [-0.05, 0) is 52.9 Å². The van der Waals surface area contributed by atoms with Crippen molar-refractivity contribution in [1.29, 1.82) is 0 Å². The van der Waals surface area contributed by atoms with Gasteiger partial charge in [-0.25, -0.2) is 4.39 Å². The Morgan fingerprint density at radius 1 is 1.53 bits per heavy atom. The summed E-state index contributed by atoms with van der Waals surface area (Å²) in [4.78, 5) is 10.4. The number of carboxylic acids is 1. The van der Waals surface area contributed by atoms with Crippen LogP contribution in [0.4, 0.5) is 4.39 Å². The molecule has 1 N–H and O–H groups in total. The van der Waals surface area contributed by atoms with Gasteiger partial charge in [-0.1, -0.05) is 6.07 Å². The Kier molecular flexibility index (Phi) is 3.85. The average molecular weight is 275 g/mol. The quantitative estimate of drug-likeness (QED) is 0.919. The summed E-state index contributed by atoms with van der Waals surface area (Å²) in [5, 5.41) is 8.56. The van der Waals surface area contributed by atoms with Gasteiger partial charge >= 0.3 is 5.97 Å². The van der Waals surface area contributed by atoms with E-state index in [-0.39, 0.29) is 12.2 Å². The lowest BCUT2D eigenvalue weighted by Crippen LogP contribution is -2.01. The molecule has 0 saturated heterocycles. The number of benzene rings is 1. The van der Waals surface area contributed by atoms with Crippen LogP contribution in [0.25, 0.3) is 0 Å². The van der Waals surface area contributed by atoms with Crippen molar-refractivity contribution in [2.45, 2.75) is 26.7 Å². The zero-order chi connectivity index (χ0) is 11.6. The number of aliphatic carboxylic acids is 1. The van der Waals surface area contributed by atoms with Crippen LogP contribution in [0.2, 0.25) is 0 Å². The van der Waals surface area contributed by atoms with Crippen LogP contribution in [0.5, 0.6) is 0 Å². The van der Waals surface area contributed by atoms with Crippen LogP contribution in [-0.4, -0.2) is 11.1 Å². The van der Waals surface area contributed by atoms with E-state index in [0.717, 1.165) is 11.1 Å². The number of hydrogen-bond acceptors (Lipinski definition) is 1. The van der Waals surface area contributed by atoms with Crippen LogP contribution in [0, 0.1) is 19.7 Å². The Hall–Kier alpha value is -0.900. The molecule has 1 rings (SSSR count). The average Bonchev–Trinajstić information content (AvgIpc) is 2.18. The van der Waals surface area contributed by atoms with Gasteiger partial charge in [0, 0.05) is 6.42 Å². The normalized spacial score (nSPS) is 10.4. The van der Waals surface area contributed by atoms with Crippen LogP contribution < -0.4 is 0 Å². The van der Waals surface area contributed by atoms with E-state index in [1.54, 1.807) is 13.8 Å². The molecule has 0 amide bonds. The van der Waals surface area contributed by atoms with Crippen molar-refractivity contribution in [2.75, 3.05) is 0 Å². The lowest BCUT2D eigenvalue weighted by atomic mass is 10.0. The summed E-state index contributed by atoms with van der Waals surface area (Å²) in [6, 6.07) is 1.82. The van der Waals surface area contributed by atoms with Gasteiger partial charge in [0.25, 0.3) is 0 Å². The summed E-state index contributed by atoms with van der Waals surface area (Å²) in [7, 11) is 0. The van der Waals surface area contributed by atoms with Crippen molar-refractivity contribution in [2.24, 2.45) is 0 Å². The van der Waals surface area contributed by atoms with Gasteiger partial charge in [0.1, 0.15) is 5.82 Å². The van der Waals surface area contributed by atoms with Crippen LogP contribution >= 0.6 is 15.9 Å². The smallest absolute Gasteiger partial charge is 0.303 e. The maximum Gasteiger partial charge on any atom is 0.303 e. The molecule has 0 radical (unpaired) electrons. The molecule has 0 unspecified atom stereocenters. The lowest BCUT2D eigenvalue weighted by Gasteiger charge is -2.09. The van der Waals surface area contributed by atoms with E-state index in [9.17, 15) is 9.18 Å². The minimum atomic E-state index is -0.865. The standard InChI is InChI=1S/C11H12BrFO2/c1-6-5-8(3-4-9(14)15)7(2)11(13)10(6)12/h5H,3-4H2,1-2H3,(H,14,15). The van der Waals surface area contributed by atoms with Crippen molar-refractivity contribution in [3.8, 4) is 0 Å². The van der Waals surface area contributed by atoms with E-state index in [4.69, 9.17) is 5.11 Å². The number of halogens is 2. The molecule has 0 aliphatic heterocycles. The van der Waals surface area contributed by atoms with Gasteiger partial charge < -0.3 is 5.11 Å². The van der Waals surface area contributed by atoms with E-state index < -0.39 is 5.97 Å². The van der Waals surface area contributed by atoms with Gasteiger partial charge in [0.05, 0.1) is 4.47 Å². The molecule has 0 atom stereocenters. The van der Waals surface area contributed by atoms with Gasteiger partial charge in [-0.2, -0.15) is 0 Å². The second kappa shape index (κ2) is 4.75. The van der Waals surface area contributed by atoms with Gasteiger partial charge in [0.15, 0.2) is 0 Å². The first-order chi connectivity index (χ1) is 6.93. The topological polar surface area (TPSA) is 37.3 Å². The zero-order valence-corrected chi connectivity index (χ0v) is 10.2. The minimum Gasteiger partial charge on any atom is -0.481 e. The molecule has 1 aromatic carbocycles. The first-order valence-corrected chi connectivity index (χ1v) is 5.38. The number of carboxylic acid groups (broad SMARTS) is 1. The fourth-order valence-electron chi connectivity index (χ4n) is 1.41. The SMILES string of the molecule is Cc1cc(CCC(=O)O)c(C)c(F)c1Br. The van der Waals surface area contributed by atoms with E-state index in [2.05, 4.69) is 15.9 Å². The summed E-state index contributed by atoms with van der Waals surface area (Å²) in [5.74, 6) is -1.16. The number of carbonyl (C=O) groups is 1. The summed E-state index contributed by atoms with van der Waals surface area (Å²) in [5.41, 5.74) is 2.07. The van der Waals surface area contributed by atoms with Crippen LogP contribution in [0.3, 0.4) is 0 Å². The third kappa shape index (κ3) is 2.78. The Morgan fingerprint density at radius 2 is 2.13 bits per heavy atom. The molecule has 0 bridgehead atoms. The van der Waals surface area contributed by atoms with Crippen molar-refractivity contribution in [1.82, 2.24) is 0 Å². The van der Waals surface area contributed by atoms with Crippen molar-refractivity contribution < 1.29 is 14.3 Å². The van der Waals surface area contributed by atoms with Crippen LogP contribution in [-0.2, 0) is 11.2 Å². The summed E-state index contributed by atoms with van der Waals surface area (Å²) in [6.45, 7) is 3.45. The molecule has 2 nitrogen and oxygen atoms in total. The molecule has 0 fully saturated rings. The Labute approximate surface area is 96.2 Å². The van der Waals surface area contributed by atoms with Crippen molar-refractivity contribution in [3.05, 3.63) is 33.0 Å². The number of hydrogen-bond donors (Lipinski definition) is 1. The lowest BCUT2D eigenvalue weighted by molar-refractivity contribution is -0.136. The highest BCUT2D eigenvalue weighted by Crippen LogP contribution is 2.26. The first-order valence-electron chi connectivity index (χ1n) is 4.59. The first kappa shape index (κ1) is 12.2. The molecule has 0 aliphatic rings. The molecule has 0 aliphatic carbocycles. The summed E-state index contributed by atoms with van der Waals surface area (Å²) < 4.78 is 14.0. The maximum atomic E-state index is 13.6. The highest BCUT2D eigenvalue weighted by Gasteiger charge is 2.11. The fourth-order valence-corrected chi connectivity index (χ4v) is 1.82. The Balaban J connectivity index is 3.04. The fraction of sp³-hybridized carbons (Fsp3) is 0.364. The molecule has 0 spiro atoms.